The third kappa shape index (κ3) is 3.95. The second-order valence-electron chi connectivity index (χ2n) is 5.70. The summed E-state index contributed by atoms with van der Waals surface area (Å²) in [4.78, 5) is 34.4. The monoisotopic (exact) mass is 282 g/mol. The second kappa shape index (κ2) is 6.72. The van der Waals surface area contributed by atoms with Crippen molar-refractivity contribution < 1.29 is 19.1 Å². The van der Waals surface area contributed by atoms with Crippen molar-refractivity contribution in [3.05, 3.63) is 0 Å². The molecule has 1 saturated heterocycles. The fourth-order valence-electron chi connectivity index (χ4n) is 2.81. The van der Waals surface area contributed by atoms with E-state index in [4.69, 9.17) is 4.74 Å². The first kappa shape index (κ1) is 14.8. The van der Waals surface area contributed by atoms with Crippen molar-refractivity contribution in [2.45, 2.75) is 57.5 Å². The second-order valence-corrected chi connectivity index (χ2v) is 5.70. The molecule has 0 aromatic rings. The topological polar surface area (TPSA) is 84.5 Å². The first-order chi connectivity index (χ1) is 9.56. The Bertz CT molecular complexity index is 397. The summed E-state index contributed by atoms with van der Waals surface area (Å²) in [5.41, 5.74) is 0. The van der Waals surface area contributed by atoms with E-state index >= 15 is 0 Å². The molecule has 1 aliphatic carbocycles. The molecule has 0 unspecified atom stereocenters. The maximum atomic E-state index is 11.8. The zero-order valence-corrected chi connectivity index (χ0v) is 11.8. The average Bonchev–Trinajstić information content (AvgIpc) is 2.85. The normalized spacial score (nSPS) is 29.6. The van der Waals surface area contributed by atoms with Crippen molar-refractivity contribution in [1.29, 1.82) is 0 Å². The molecule has 2 fully saturated rings. The van der Waals surface area contributed by atoms with Gasteiger partial charge in [-0.1, -0.05) is 19.8 Å². The van der Waals surface area contributed by atoms with Crippen LogP contribution in [0.4, 0.5) is 0 Å². The Balaban J connectivity index is 1.69. The molecule has 6 nitrogen and oxygen atoms in total. The lowest BCUT2D eigenvalue weighted by Crippen LogP contribution is -2.43. The molecule has 1 aliphatic heterocycles. The minimum atomic E-state index is -0.594. The molecule has 6 heteroatoms. The van der Waals surface area contributed by atoms with Crippen molar-refractivity contribution >= 4 is 17.8 Å². The standard InChI is InChI=1S/C14H22N2O4/c1-9-4-2-3-5-10(9)15-13(18)8-20-14(19)11-6-7-12(17)16-11/h9-11H,2-8H2,1H3,(H,15,18)(H,16,17)/t9-,10+,11-/m0/s1. The number of carbonyl (C=O) groups is 3. The first-order valence-electron chi connectivity index (χ1n) is 7.31. The average molecular weight is 282 g/mol. The van der Waals surface area contributed by atoms with Gasteiger partial charge >= 0.3 is 5.97 Å². The van der Waals surface area contributed by atoms with Crippen LogP contribution >= 0.6 is 0 Å². The van der Waals surface area contributed by atoms with Gasteiger partial charge in [-0.15, -0.1) is 0 Å². The zero-order valence-electron chi connectivity index (χ0n) is 11.8. The number of nitrogens with one attached hydrogen (secondary N) is 2. The Morgan fingerprint density at radius 1 is 1.30 bits per heavy atom. The number of hydrogen-bond acceptors (Lipinski definition) is 4. The summed E-state index contributed by atoms with van der Waals surface area (Å²) in [7, 11) is 0. The van der Waals surface area contributed by atoms with Crippen LogP contribution < -0.4 is 10.6 Å². The smallest absolute Gasteiger partial charge is 0.329 e. The van der Waals surface area contributed by atoms with Crippen molar-refractivity contribution in [2.75, 3.05) is 6.61 Å². The van der Waals surface area contributed by atoms with Crippen molar-refractivity contribution in [3.8, 4) is 0 Å². The van der Waals surface area contributed by atoms with Crippen LogP contribution in [0, 0.1) is 5.92 Å². The molecule has 2 amide bonds. The fourth-order valence-corrected chi connectivity index (χ4v) is 2.81. The van der Waals surface area contributed by atoms with Crippen LogP contribution in [-0.4, -0.2) is 36.5 Å². The Kier molecular flexibility index (Phi) is 4.98. The Morgan fingerprint density at radius 2 is 2.05 bits per heavy atom. The Labute approximate surface area is 118 Å². The molecule has 0 aromatic heterocycles. The van der Waals surface area contributed by atoms with E-state index in [1.165, 1.54) is 6.42 Å². The maximum Gasteiger partial charge on any atom is 0.329 e. The minimum absolute atomic E-state index is 0.146. The summed E-state index contributed by atoms with van der Waals surface area (Å²) in [6.07, 6.45) is 5.23. The molecule has 112 valence electrons. The highest BCUT2D eigenvalue weighted by molar-refractivity contribution is 5.89. The van der Waals surface area contributed by atoms with E-state index in [0.717, 1.165) is 19.3 Å². The lowest BCUT2D eigenvalue weighted by atomic mass is 9.86. The number of rotatable bonds is 4. The summed E-state index contributed by atoms with van der Waals surface area (Å²) in [6.45, 7) is 1.86. The fraction of sp³-hybridized carbons (Fsp3) is 0.786. The van der Waals surface area contributed by atoms with Crippen LogP contribution in [0.2, 0.25) is 0 Å². The van der Waals surface area contributed by atoms with E-state index in [-0.39, 0.29) is 24.5 Å². The minimum Gasteiger partial charge on any atom is -0.454 e. The van der Waals surface area contributed by atoms with Gasteiger partial charge in [0.25, 0.3) is 5.91 Å². The van der Waals surface area contributed by atoms with E-state index in [2.05, 4.69) is 17.6 Å². The van der Waals surface area contributed by atoms with Gasteiger partial charge in [0.2, 0.25) is 5.91 Å². The molecule has 3 atom stereocenters. The molecule has 1 heterocycles. The van der Waals surface area contributed by atoms with E-state index in [1.54, 1.807) is 0 Å². The van der Waals surface area contributed by atoms with E-state index in [0.29, 0.717) is 18.8 Å². The van der Waals surface area contributed by atoms with Crippen LogP contribution in [-0.2, 0) is 19.1 Å². The van der Waals surface area contributed by atoms with Gasteiger partial charge in [-0.2, -0.15) is 0 Å². The summed E-state index contributed by atoms with van der Waals surface area (Å²) in [6, 6.07) is -0.412. The van der Waals surface area contributed by atoms with Gasteiger partial charge in [0, 0.05) is 12.5 Å². The molecule has 20 heavy (non-hydrogen) atoms. The highest BCUT2D eigenvalue weighted by atomic mass is 16.5. The highest BCUT2D eigenvalue weighted by Crippen LogP contribution is 2.23. The van der Waals surface area contributed by atoms with E-state index in [9.17, 15) is 14.4 Å². The summed E-state index contributed by atoms with van der Waals surface area (Å²) >= 11 is 0. The van der Waals surface area contributed by atoms with Crippen LogP contribution in [0.5, 0.6) is 0 Å². The Hall–Kier alpha value is -1.59. The van der Waals surface area contributed by atoms with Gasteiger partial charge in [0.05, 0.1) is 0 Å². The molecular formula is C14H22N2O4. The molecule has 0 spiro atoms. The highest BCUT2D eigenvalue weighted by Gasteiger charge is 2.29. The van der Waals surface area contributed by atoms with Crippen LogP contribution in [0.3, 0.4) is 0 Å². The van der Waals surface area contributed by atoms with Crippen LogP contribution in [0.15, 0.2) is 0 Å². The third-order valence-electron chi connectivity index (χ3n) is 4.08. The third-order valence-corrected chi connectivity index (χ3v) is 4.08. The van der Waals surface area contributed by atoms with Gasteiger partial charge in [-0.05, 0) is 25.2 Å². The molecule has 2 rings (SSSR count). The molecule has 0 radical (unpaired) electrons. The van der Waals surface area contributed by atoms with Gasteiger partial charge < -0.3 is 15.4 Å². The predicted octanol–water partition coefficient (Wildman–Crippen LogP) is 0.503. The van der Waals surface area contributed by atoms with E-state index in [1.807, 2.05) is 0 Å². The Morgan fingerprint density at radius 3 is 2.70 bits per heavy atom. The van der Waals surface area contributed by atoms with Crippen molar-refractivity contribution in [2.24, 2.45) is 5.92 Å². The summed E-state index contributed by atoms with van der Waals surface area (Å²) in [5, 5.41) is 5.44. The maximum absolute atomic E-state index is 11.8. The number of hydrogen-bond donors (Lipinski definition) is 2. The number of ether oxygens (including phenoxy) is 1. The van der Waals surface area contributed by atoms with Crippen LogP contribution in [0.25, 0.3) is 0 Å². The summed E-state index contributed by atoms with van der Waals surface area (Å²) < 4.78 is 4.95. The largest absolute Gasteiger partial charge is 0.454 e. The SMILES string of the molecule is C[C@H]1CCCC[C@H]1NC(=O)COC(=O)[C@@H]1CCC(=O)N1. The van der Waals surface area contributed by atoms with Crippen molar-refractivity contribution in [3.63, 3.8) is 0 Å². The molecule has 2 aliphatic rings. The van der Waals surface area contributed by atoms with Gasteiger partial charge in [0.15, 0.2) is 6.61 Å². The van der Waals surface area contributed by atoms with Gasteiger partial charge in [-0.25, -0.2) is 4.79 Å². The van der Waals surface area contributed by atoms with E-state index < -0.39 is 12.0 Å². The first-order valence-corrected chi connectivity index (χ1v) is 7.31. The van der Waals surface area contributed by atoms with Crippen molar-refractivity contribution in [1.82, 2.24) is 10.6 Å². The lowest BCUT2D eigenvalue weighted by Gasteiger charge is -2.29. The van der Waals surface area contributed by atoms with Crippen LogP contribution in [0.1, 0.15) is 45.4 Å². The lowest BCUT2D eigenvalue weighted by molar-refractivity contribution is -0.151. The number of amides is 2. The predicted molar refractivity (Wildman–Crippen MR) is 71.7 cm³/mol. The number of carbonyl (C=O) groups excluding carboxylic acids is 3. The summed E-state index contributed by atoms with van der Waals surface area (Å²) in [5.74, 6) is -0.464. The quantitative estimate of drug-likeness (QED) is 0.736. The zero-order chi connectivity index (χ0) is 14.5. The molecular weight excluding hydrogens is 260 g/mol. The molecule has 0 aromatic carbocycles. The molecule has 1 saturated carbocycles. The van der Waals surface area contributed by atoms with Gasteiger partial charge in [0.1, 0.15) is 6.04 Å². The molecule has 2 N–H and O–H groups in total. The van der Waals surface area contributed by atoms with Gasteiger partial charge in [-0.3, -0.25) is 9.59 Å². The molecule has 0 bridgehead atoms. The number of esters is 1.